The van der Waals surface area contributed by atoms with Crippen molar-refractivity contribution in [3.05, 3.63) is 24.2 Å². The molecule has 3 aliphatic heterocycles. The molecule has 0 bridgehead atoms. The molecule has 31 heavy (non-hydrogen) atoms. The van der Waals surface area contributed by atoms with Gasteiger partial charge in [-0.2, -0.15) is 5.10 Å². The summed E-state index contributed by atoms with van der Waals surface area (Å²) in [5.41, 5.74) is 7.42. The number of piperidine rings is 1. The molecule has 2 aromatic rings. The van der Waals surface area contributed by atoms with Crippen molar-refractivity contribution >= 4 is 11.3 Å². The predicted octanol–water partition coefficient (Wildman–Crippen LogP) is 1.70. The van der Waals surface area contributed by atoms with Gasteiger partial charge in [-0.05, 0) is 38.1 Å². The highest BCUT2D eigenvalue weighted by atomic mass is 19.3. The Labute approximate surface area is 180 Å². The van der Waals surface area contributed by atoms with E-state index >= 15 is 0 Å². The van der Waals surface area contributed by atoms with E-state index in [1.807, 2.05) is 12.1 Å². The highest BCUT2D eigenvalue weighted by Gasteiger charge is 2.44. The van der Waals surface area contributed by atoms with Crippen LogP contribution in [-0.2, 0) is 4.74 Å². The lowest BCUT2D eigenvalue weighted by molar-refractivity contribution is -0.0982. The zero-order valence-electron chi connectivity index (χ0n) is 17.5. The van der Waals surface area contributed by atoms with Gasteiger partial charge in [0, 0.05) is 44.9 Å². The SMILES string of the molecule is Nc1ncnn2c([C@H]3C[C@H](O)[C@@H](CN4CCC(F)(F)C[C@H]4CN4CCCC4)O3)ccc12. The number of nitrogens with two attached hydrogens (primary N) is 1. The summed E-state index contributed by atoms with van der Waals surface area (Å²) >= 11 is 0. The Morgan fingerprint density at radius 2 is 2.00 bits per heavy atom. The molecule has 170 valence electrons. The summed E-state index contributed by atoms with van der Waals surface area (Å²) in [4.78, 5) is 8.38. The maximum atomic E-state index is 14.2. The van der Waals surface area contributed by atoms with E-state index in [1.54, 1.807) is 4.52 Å². The quantitative estimate of drug-likeness (QED) is 0.737. The number of hydrogen-bond donors (Lipinski definition) is 2. The van der Waals surface area contributed by atoms with Gasteiger partial charge < -0.3 is 20.5 Å². The lowest BCUT2D eigenvalue weighted by Gasteiger charge is -2.42. The lowest BCUT2D eigenvalue weighted by atomic mass is 9.97. The Balaban J connectivity index is 1.29. The van der Waals surface area contributed by atoms with Crippen LogP contribution in [0.15, 0.2) is 18.5 Å². The number of halogens is 2. The number of alkyl halides is 2. The van der Waals surface area contributed by atoms with Crippen LogP contribution in [0.5, 0.6) is 0 Å². The van der Waals surface area contributed by atoms with Crippen molar-refractivity contribution in [3.8, 4) is 0 Å². The Morgan fingerprint density at radius 1 is 1.19 bits per heavy atom. The van der Waals surface area contributed by atoms with Crippen molar-refractivity contribution in [1.82, 2.24) is 24.4 Å². The highest BCUT2D eigenvalue weighted by molar-refractivity contribution is 5.65. The number of ether oxygens (including phenoxy) is 1. The zero-order valence-corrected chi connectivity index (χ0v) is 17.5. The average molecular weight is 437 g/mol. The molecule has 0 aromatic carbocycles. The molecule has 0 radical (unpaired) electrons. The molecule has 2 aromatic heterocycles. The molecule has 0 saturated carbocycles. The molecule has 0 amide bonds. The van der Waals surface area contributed by atoms with Gasteiger partial charge in [0.25, 0.3) is 5.92 Å². The lowest BCUT2D eigenvalue weighted by Crippen LogP contribution is -2.54. The number of aliphatic hydroxyl groups is 1. The molecule has 3 aliphatic rings. The molecule has 0 unspecified atom stereocenters. The first-order valence-corrected chi connectivity index (χ1v) is 11.2. The molecule has 3 fully saturated rings. The van der Waals surface area contributed by atoms with Crippen molar-refractivity contribution in [1.29, 1.82) is 0 Å². The van der Waals surface area contributed by atoms with Crippen LogP contribution >= 0.6 is 0 Å². The number of likely N-dealkylation sites (tertiary alicyclic amines) is 2. The second-order valence-corrected chi connectivity index (χ2v) is 9.13. The molecule has 3 saturated heterocycles. The number of nitrogens with zero attached hydrogens (tertiary/aromatic N) is 5. The standard InChI is InChI=1S/C21H30F2N6O2/c22-21(23)5-8-28(14(10-21)11-27-6-1-2-7-27)12-19-17(30)9-18(31-19)15-3-4-16-20(24)25-13-26-29(15)16/h3-4,13-14,17-19,30H,1-2,5-12H2,(H2,24,25,26)/t14-,17-,18+,19+/m0/s1. The summed E-state index contributed by atoms with van der Waals surface area (Å²) in [7, 11) is 0. The van der Waals surface area contributed by atoms with Crippen molar-refractivity contribution in [2.24, 2.45) is 0 Å². The third-order valence-electron chi connectivity index (χ3n) is 6.96. The third kappa shape index (κ3) is 4.26. The third-order valence-corrected chi connectivity index (χ3v) is 6.96. The van der Waals surface area contributed by atoms with Crippen molar-refractivity contribution in [3.63, 3.8) is 0 Å². The van der Waals surface area contributed by atoms with Gasteiger partial charge in [0.1, 0.15) is 17.9 Å². The van der Waals surface area contributed by atoms with Gasteiger partial charge in [-0.15, -0.1) is 0 Å². The Hall–Kier alpha value is -1.88. The van der Waals surface area contributed by atoms with E-state index in [1.165, 1.54) is 6.33 Å². The first kappa shape index (κ1) is 21.0. The van der Waals surface area contributed by atoms with E-state index in [0.717, 1.165) is 31.6 Å². The molecule has 8 nitrogen and oxygen atoms in total. The van der Waals surface area contributed by atoms with Crippen molar-refractivity contribution in [2.45, 2.75) is 62.4 Å². The molecule has 4 atom stereocenters. The number of hydrogen-bond acceptors (Lipinski definition) is 7. The van der Waals surface area contributed by atoms with Gasteiger partial charge in [-0.25, -0.2) is 18.3 Å². The molecule has 5 heterocycles. The zero-order chi connectivity index (χ0) is 21.6. The maximum Gasteiger partial charge on any atom is 0.250 e. The molecular weight excluding hydrogens is 406 g/mol. The van der Waals surface area contributed by atoms with Gasteiger partial charge in [0.2, 0.25) is 0 Å². The summed E-state index contributed by atoms with van der Waals surface area (Å²) in [6.07, 6.45) is 2.40. The van der Waals surface area contributed by atoms with E-state index in [0.29, 0.717) is 37.4 Å². The molecule has 0 spiro atoms. The van der Waals surface area contributed by atoms with Gasteiger partial charge in [-0.3, -0.25) is 4.90 Å². The normalized spacial score (nSPS) is 32.2. The fraction of sp³-hybridized carbons (Fsp3) is 0.714. The molecular formula is C21H30F2N6O2. The molecule has 10 heteroatoms. The Bertz CT molecular complexity index is 918. The number of fused-ring (bicyclic) bond motifs is 1. The van der Waals surface area contributed by atoms with Crippen LogP contribution in [0.2, 0.25) is 0 Å². The maximum absolute atomic E-state index is 14.2. The fourth-order valence-electron chi connectivity index (χ4n) is 5.28. The van der Waals surface area contributed by atoms with E-state index < -0.39 is 18.1 Å². The van der Waals surface area contributed by atoms with Crippen molar-refractivity contribution < 1.29 is 18.6 Å². The van der Waals surface area contributed by atoms with Crippen LogP contribution in [0.1, 0.15) is 43.9 Å². The summed E-state index contributed by atoms with van der Waals surface area (Å²) in [6.45, 7) is 3.38. The van der Waals surface area contributed by atoms with Gasteiger partial charge >= 0.3 is 0 Å². The topological polar surface area (TPSA) is 92.1 Å². The molecule has 5 rings (SSSR count). The number of rotatable bonds is 5. The van der Waals surface area contributed by atoms with Crippen LogP contribution in [-0.4, -0.2) is 86.4 Å². The number of nitrogen functional groups attached to an aromatic ring is 1. The largest absolute Gasteiger partial charge is 0.390 e. The monoisotopic (exact) mass is 436 g/mol. The van der Waals surface area contributed by atoms with Crippen molar-refractivity contribution in [2.75, 3.05) is 38.5 Å². The number of aliphatic hydroxyl groups excluding tert-OH is 1. The molecule has 3 N–H and O–H groups in total. The predicted molar refractivity (Wildman–Crippen MR) is 111 cm³/mol. The highest BCUT2D eigenvalue weighted by Crippen LogP contribution is 2.37. The van der Waals surface area contributed by atoms with E-state index in [9.17, 15) is 13.9 Å². The first-order valence-electron chi connectivity index (χ1n) is 11.2. The second kappa shape index (κ2) is 8.23. The Morgan fingerprint density at radius 3 is 2.81 bits per heavy atom. The second-order valence-electron chi connectivity index (χ2n) is 9.13. The molecule has 0 aliphatic carbocycles. The smallest absolute Gasteiger partial charge is 0.250 e. The summed E-state index contributed by atoms with van der Waals surface area (Å²) in [6, 6.07) is 3.50. The first-order chi connectivity index (χ1) is 14.9. The van der Waals surface area contributed by atoms with Gasteiger partial charge in [0.15, 0.2) is 5.82 Å². The van der Waals surface area contributed by atoms with Crippen LogP contribution in [0, 0.1) is 0 Å². The summed E-state index contributed by atoms with van der Waals surface area (Å²) in [5, 5.41) is 15.0. The number of anilines is 1. The minimum absolute atomic E-state index is 0.130. The Kier molecular flexibility index (Phi) is 5.58. The van der Waals surface area contributed by atoms with Crippen LogP contribution in [0.3, 0.4) is 0 Å². The van der Waals surface area contributed by atoms with E-state index in [4.69, 9.17) is 10.5 Å². The van der Waals surface area contributed by atoms with Gasteiger partial charge in [-0.1, -0.05) is 0 Å². The van der Waals surface area contributed by atoms with E-state index in [-0.39, 0.29) is 25.0 Å². The number of aromatic nitrogens is 3. The summed E-state index contributed by atoms with van der Waals surface area (Å²) in [5.74, 6) is -2.24. The summed E-state index contributed by atoms with van der Waals surface area (Å²) < 4.78 is 36.3. The fourth-order valence-corrected chi connectivity index (χ4v) is 5.28. The van der Waals surface area contributed by atoms with E-state index in [2.05, 4.69) is 19.9 Å². The minimum Gasteiger partial charge on any atom is -0.390 e. The average Bonchev–Trinajstić information content (AvgIpc) is 3.45. The minimum atomic E-state index is -2.62. The van der Waals surface area contributed by atoms with Crippen LogP contribution in [0.25, 0.3) is 5.52 Å². The van der Waals surface area contributed by atoms with Gasteiger partial charge in [0.05, 0.1) is 17.9 Å². The van der Waals surface area contributed by atoms with Crippen LogP contribution < -0.4 is 5.73 Å². The van der Waals surface area contributed by atoms with Crippen LogP contribution in [0.4, 0.5) is 14.6 Å².